The minimum Gasteiger partial charge on any atom is -0.507 e. The van der Waals surface area contributed by atoms with Gasteiger partial charge in [-0.2, -0.15) is 4.98 Å². The van der Waals surface area contributed by atoms with Crippen molar-refractivity contribution in [1.82, 2.24) is 24.4 Å². The Labute approximate surface area is 265 Å². The van der Waals surface area contributed by atoms with Gasteiger partial charge in [0.1, 0.15) is 23.1 Å². The van der Waals surface area contributed by atoms with Crippen molar-refractivity contribution in [1.29, 1.82) is 0 Å². The van der Waals surface area contributed by atoms with Crippen LogP contribution in [-0.4, -0.2) is 74.2 Å². The third-order valence-electron chi connectivity index (χ3n) is 8.77. The predicted octanol–water partition coefficient (Wildman–Crippen LogP) is 5.20. The molecule has 4 aromatic rings. The number of carbonyl (C=O) groups is 1. The van der Waals surface area contributed by atoms with E-state index in [-0.39, 0.29) is 51.6 Å². The summed E-state index contributed by atoms with van der Waals surface area (Å²) in [6, 6.07) is 5.44. The number of aromatic hydroxyl groups is 1. The molecule has 2 aliphatic rings. The Balaban J connectivity index is 1.77. The highest BCUT2D eigenvalue weighted by molar-refractivity contribution is 6.38. The summed E-state index contributed by atoms with van der Waals surface area (Å²) in [5, 5.41) is 11.5. The summed E-state index contributed by atoms with van der Waals surface area (Å²) >= 11 is 7.15. The van der Waals surface area contributed by atoms with Gasteiger partial charge in [0.25, 0.3) is 0 Å². The first kappa shape index (κ1) is 30.5. The number of nitrogens with zero attached hydrogens (tertiary/aromatic N) is 7. The highest BCUT2D eigenvalue weighted by Crippen LogP contribution is 2.47. The van der Waals surface area contributed by atoms with Gasteiger partial charge in [-0.1, -0.05) is 38.1 Å². The molecule has 1 saturated heterocycles. The molecule has 0 saturated carbocycles. The van der Waals surface area contributed by atoms with E-state index in [1.165, 1.54) is 28.8 Å². The number of benzene rings is 1. The molecule has 0 bridgehead atoms. The van der Waals surface area contributed by atoms with Crippen molar-refractivity contribution < 1.29 is 14.3 Å². The van der Waals surface area contributed by atoms with Crippen molar-refractivity contribution in [3.8, 4) is 22.7 Å². The molecule has 234 valence electrons. The number of aryl methyl sites for hydroxylation is 1. The average Bonchev–Trinajstić information content (AvgIpc) is 2.99. The molecular formula is C33H35ClFN7O3. The van der Waals surface area contributed by atoms with Gasteiger partial charge < -0.3 is 19.8 Å². The van der Waals surface area contributed by atoms with E-state index in [1.54, 1.807) is 11.1 Å². The Morgan fingerprint density at radius 3 is 2.64 bits per heavy atom. The number of carbonyl (C=O) groups excluding carboxylic acids is 1. The van der Waals surface area contributed by atoms with Gasteiger partial charge in [-0.3, -0.25) is 9.78 Å². The summed E-state index contributed by atoms with van der Waals surface area (Å²) in [6.07, 6.45) is 3.63. The topological polar surface area (TPSA) is 108 Å². The average molecular weight is 632 g/mol. The second-order valence-electron chi connectivity index (χ2n) is 12.1. The minimum absolute atomic E-state index is 0.00567. The maximum atomic E-state index is 15.4. The maximum absolute atomic E-state index is 15.4. The van der Waals surface area contributed by atoms with Gasteiger partial charge in [0, 0.05) is 38.9 Å². The molecule has 6 rings (SSSR count). The quantitative estimate of drug-likeness (QED) is 0.306. The van der Waals surface area contributed by atoms with E-state index in [0.717, 1.165) is 5.56 Å². The fraction of sp³-hybridized carbons (Fsp3) is 0.364. The molecule has 0 spiro atoms. The molecule has 2 unspecified atom stereocenters. The van der Waals surface area contributed by atoms with E-state index in [9.17, 15) is 14.7 Å². The van der Waals surface area contributed by atoms with E-state index >= 15 is 4.39 Å². The molecular weight excluding hydrogens is 597 g/mol. The summed E-state index contributed by atoms with van der Waals surface area (Å²) in [6.45, 7) is 12.9. The standard InChI is InChI=1S/C33H35ClFN7O3/c1-7-23(44)40-15-19(5)41-20(16-40)12-14-39(6)30-25-31(37-28(26(30)34)24-21(35)9-8-10-22(24)43)42(33(45)38-32(25)41)29-18(4)11-13-36-27(29)17(2)3/h7-11,13,17,19-20,43H,1,12,14-16H2,2-6H3. The number of rotatable bonds is 4. The van der Waals surface area contributed by atoms with Crippen LogP contribution in [0.25, 0.3) is 28.0 Å². The molecule has 2 aliphatic heterocycles. The lowest BCUT2D eigenvalue weighted by molar-refractivity contribution is -0.127. The van der Waals surface area contributed by atoms with Crippen molar-refractivity contribution in [3.63, 3.8) is 0 Å². The van der Waals surface area contributed by atoms with Crippen molar-refractivity contribution in [2.75, 3.05) is 36.5 Å². The fourth-order valence-corrected chi connectivity index (χ4v) is 7.07. The molecule has 3 aromatic heterocycles. The van der Waals surface area contributed by atoms with Gasteiger partial charge in [0.2, 0.25) is 5.91 Å². The van der Waals surface area contributed by atoms with Crippen LogP contribution in [0.3, 0.4) is 0 Å². The van der Waals surface area contributed by atoms with Crippen LogP contribution in [0.15, 0.2) is 47.9 Å². The van der Waals surface area contributed by atoms with E-state index in [1.807, 2.05) is 45.7 Å². The molecule has 0 radical (unpaired) electrons. The van der Waals surface area contributed by atoms with Crippen LogP contribution in [-0.2, 0) is 4.79 Å². The molecule has 1 amide bonds. The van der Waals surface area contributed by atoms with Gasteiger partial charge in [0.15, 0.2) is 5.65 Å². The smallest absolute Gasteiger partial charge is 0.355 e. The minimum atomic E-state index is -0.704. The number of amides is 1. The Kier molecular flexibility index (Phi) is 7.76. The number of hydrogen-bond acceptors (Lipinski definition) is 8. The lowest BCUT2D eigenvalue weighted by Crippen LogP contribution is -2.60. The van der Waals surface area contributed by atoms with E-state index in [2.05, 4.69) is 16.5 Å². The van der Waals surface area contributed by atoms with Gasteiger partial charge in [-0.15, -0.1) is 0 Å². The Hall–Kier alpha value is -4.51. The van der Waals surface area contributed by atoms with Gasteiger partial charge in [-0.05, 0) is 56.0 Å². The van der Waals surface area contributed by atoms with Crippen LogP contribution in [0, 0.1) is 12.7 Å². The zero-order valence-corrected chi connectivity index (χ0v) is 26.6. The molecule has 2 atom stereocenters. The first-order valence-electron chi connectivity index (χ1n) is 14.9. The number of piperazine rings is 1. The molecule has 1 N–H and O–H groups in total. The molecule has 12 heteroatoms. The maximum Gasteiger partial charge on any atom is 0.355 e. The fourth-order valence-electron chi connectivity index (χ4n) is 6.70. The number of phenolic OH excluding ortho intramolecular Hbond substituents is 1. The molecule has 45 heavy (non-hydrogen) atoms. The van der Waals surface area contributed by atoms with Crippen molar-refractivity contribution in [3.05, 3.63) is 75.7 Å². The first-order chi connectivity index (χ1) is 21.4. The molecule has 5 heterocycles. The zero-order chi connectivity index (χ0) is 32.3. The summed E-state index contributed by atoms with van der Waals surface area (Å²) in [7, 11) is 1.87. The largest absolute Gasteiger partial charge is 0.507 e. The highest BCUT2D eigenvalue weighted by Gasteiger charge is 2.39. The SMILES string of the molecule is C=CC(=O)N1CC(C)N2c3nc(=O)n(-c4c(C)ccnc4C(C)C)c4nc(-c5c(O)cccc5F)c(Cl)c(c34)N(C)CCC2C1. The molecule has 1 aromatic carbocycles. The predicted molar refractivity (Wildman–Crippen MR) is 174 cm³/mol. The number of phenols is 1. The third-order valence-corrected chi connectivity index (χ3v) is 9.13. The van der Waals surface area contributed by atoms with Crippen LogP contribution >= 0.6 is 11.6 Å². The molecule has 10 nitrogen and oxygen atoms in total. The highest BCUT2D eigenvalue weighted by atomic mass is 35.5. The summed E-state index contributed by atoms with van der Waals surface area (Å²) in [5.41, 5.74) is 1.97. The van der Waals surface area contributed by atoms with Gasteiger partial charge >= 0.3 is 5.69 Å². The van der Waals surface area contributed by atoms with Crippen LogP contribution in [0.5, 0.6) is 5.75 Å². The zero-order valence-electron chi connectivity index (χ0n) is 25.9. The summed E-state index contributed by atoms with van der Waals surface area (Å²) in [5.74, 6) is -0.847. The number of aromatic nitrogens is 4. The lowest BCUT2D eigenvalue weighted by Gasteiger charge is -2.48. The Morgan fingerprint density at radius 1 is 1.20 bits per heavy atom. The number of fused-ring (bicyclic) bond motifs is 2. The van der Waals surface area contributed by atoms with Crippen molar-refractivity contribution in [2.45, 2.75) is 52.1 Å². The Morgan fingerprint density at radius 2 is 1.96 bits per heavy atom. The second-order valence-corrected chi connectivity index (χ2v) is 12.5. The van der Waals surface area contributed by atoms with Crippen LogP contribution in [0.4, 0.5) is 15.9 Å². The van der Waals surface area contributed by atoms with Crippen LogP contribution < -0.4 is 15.5 Å². The first-order valence-corrected chi connectivity index (χ1v) is 15.3. The van der Waals surface area contributed by atoms with Gasteiger partial charge in [0.05, 0.1) is 39.1 Å². The third kappa shape index (κ3) is 4.89. The van der Waals surface area contributed by atoms with Gasteiger partial charge in [-0.25, -0.2) is 18.7 Å². The normalized spacial score (nSPS) is 18.2. The number of pyridine rings is 2. The monoisotopic (exact) mass is 631 g/mol. The Bertz CT molecular complexity index is 1910. The second kappa shape index (κ2) is 11.4. The van der Waals surface area contributed by atoms with Crippen molar-refractivity contribution >= 4 is 40.0 Å². The van der Waals surface area contributed by atoms with Crippen LogP contribution in [0.2, 0.25) is 5.02 Å². The summed E-state index contributed by atoms with van der Waals surface area (Å²) < 4.78 is 16.9. The summed E-state index contributed by atoms with van der Waals surface area (Å²) in [4.78, 5) is 47.1. The van der Waals surface area contributed by atoms with E-state index in [0.29, 0.717) is 54.3 Å². The lowest BCUT2D eigenvalue weighted by atomic mass is 9.99. The number of anilines is 2. The number of hydrogen-bond donors (Lipinski definition) is 1. The van der Waals surface area contributed by atoms with Crippen LogP contribution in [0.1, 0.15) is 44.4 Å². The molecule has 1 fully saturated rings. The van der Waals surface area contributed by atoms with E-state index < -0.39 is 11.5 Å². The number of halogens is 2. The molecule has 0 aliphatic carbocycles. The van der Waals surface area contributed by atoms with E-state index in [4.69, 9.17) is 21.6 Å². The van der Waals surface area contributed by atoms with Crippen molar-refractivity contribution in [2.24, 2.45) is 0 Å².